The zero-order chi connectivity index (χ0) is 20.2. The number of anilines is 1. The van der Waals surface area contributed by atoms with E-state index in [1.54, 1.807) is 17.0 Å². The number of benzene rings is 2. The van der Waals surface area contributed by atoms with Gasteiger partial charge < -0.3 is 10.2 Å². The molecular formula is C22H22N4O3. The average Bonchev–Trinajstić information content (AvgIpc) is 2.76. The molecule has 2 aromatic carbocycles. The Kier molecular flexibility index (Phi) is 5.37. The molecule has 29 heavy (non-hydrogen) atoms. The monoisotopic (exact) mass is 390 g/mol. The Bertz CT molecular complexity index is 1090. The third-order valence-electron chi connectivity index (χ3n) is 5.23. The number of amides is 2. The van der Waals surface area contributed by atoms with Crippen molar-refractivity contribution in [1.82, 2.24) is 14.5 Å². The zero-order valence-corrected chi connectivity index (χ0v) is 16.0. The van der Waals surface area contributed by atoms with Crippen molar-refractivity contribution in [3.63, 3.8) is 0 Å². The van der Waals surface area contributed by atoms with Gasteiger partial charge >= 0.3 is 0 Å². The molecule has 1 N–H and O–H groups in total. The molecule has 0 bridgehead atoms. The molecule has 4 rings (SSSR count). The van der Waals surface area contributed by atoms with Gasteiger partial charge in [0.05, 0.1) is 23.1 Å². The quantitative estimate of drug-likeness (QED) is 0.741. The van der Waals surface area contributed by atoms with E-state index in [1.165, 1.54) is 10.8 Å². The van der Waals surface area contributed by atoms with E-state index in [9.17, 15) is 14.4 Å². The minimum atomic E-state index is -0.313. The maximum Gasteiger partial charge on any atom is 0.269 e. The van der Waals surface area contributed by atoms with E-state index < -0.39 is 0 Å². The summed E-state index contributed by atoms with van der Waals surface area (Å²) < 4.78 is 1.44. The first-order valence-electron chi connectivity index (χ1n) is 9.70. The first-order valence-corrected chi connectivity index (χ1v) is 9.70. The lowest BCUT2D eigenvalue weighted by molar-refractivity contribution is -0.135. The Morgan fingerprint density at radius 3 is 2.66 bits per heavy atom. The number of fused-ring (bicyclic) bond motifs is 1. The smallest absolute Gasteiger partial charge is 0.269 e. The summed E-state index contributed by atoms with van der Waals surface area (Å²) in [5, 5.41) is 2.91. The summed E-state index contributed by atoms with van der Waals surface area (Å²) in [6.45, 7) is 0.885. The second-order valence-corrected chi connectivity index (χ2v) is 7.21. The van der Waals surface area contributed by atoms with Crippen molar-refractivity contribution in [2.45, 2.75) is 19.4 Å². The Labute approximate surface area is 168 Å². The number of para-hydroxylation sites is 3. The highest BCUT2D eigenvalue weighted by molar-refractivity contribution is 5.93. The molecule has 0 aliphatic carbocycles. The number of hydrogen-bond acceptors (Lipinski definition) is 4. The number of nitrogens with one attached hydrogen (secondary N) is 1. The molecule has 2 amide bonds. The van der Waals surface area contributed by atoms with Crippen LogP contribution in [-0.4, -0.2) is 39.4 Å². The van der Waals surface area contributed by atoms with Gasteiger partial charge in [-0.25, -0.2) is 4.98 Å². The summed E-state index contributed by atoms with van der Waals surface area (Å²) >= 11 is 0. The van der Waals surface area contributed by atoms with Crippen LogP contribution in [0.15, 0.2) is 65.6 Å². The number of likely N-dealkylation sites (tertiary alicyclic amines) is 1. The Balaban J connectivity index is 1.46. The SMILES string of the molecule is O=C(Nc1ccccc1)C1CCCN(C(=O)Cn2c(=O)cnc3ccccc32)C1. The van der Waals surface area contributed by atoms with Crippen LogP contribution in [0.3, 0.4) is 0 Å². The summed E-state index contributed by atoms with van der Waals surface area (Å²) in [6, 6.07) is 16.5. The van der Waals surface area contributed by atoms with Crippen molar-refractivity contribution in [2.75, 3.05) is 18.4 Å². The zero-order valence-electron chi connectivity index (χ0n) is 16.0. The summed E-state index contributed by atoms with van der Waals surface area (Å²) in [5.74, 6) is -0.514. The maximum absolute atomic E-state index is 12.9. The van der Waals surface area contributed by atoms with Gasteiger partial charge in [0.1, 0.15) is 6.54 Å². The second-order valence-electron chi connectivity index (χ2n) is 7.21. The predicted octanol–water partition coefficient (Wildman–Crippen LogP) is 2.27. The van der Waals surface area contributed by atoms with Crippen LogP contribution in [0.25, 0.3) is 11.0 Å². The number of hydrogen-bond donors (Lipinski definition) is 1. The van der Waals surface area contributed by atoms with Gasteiger partial charge in [0, 0.05) is 18.8 Å². The first-order chi connectivity index (χ1) is 14.1. The van der Waals surface area contributed by atoms with Gasteiger partial charge in [-0.05, 0) is 37.1 Å². The Morgan fingerprint density at radius 2 is 1.83 bits per heavy atom. The van der Waals surface area contributed by atoms with Crippen molar-refractivity contribution >= 4 is 28.5 Å². The van der Waals surface area contributed by atoms with Crippen molar-refractivity contribution in [1.29, 1.82) is 0 Å². The van der Waals surface area contributed by atoms with Gasteiger partial charge in [-0.1, -0.05) is 30.3 Å². The van der Waals surface area contributed by atoms with Crippen LogP contribution < -0.4 is 10.9 Å². The molecule has 0 saturated carbocycles. The summed E-state index contributed by atoms with van der Waals surface area (Å²) in [5.41, 5.74) is 1.73. The van der Waals surface area contributed by atoms with E-state index in [0.717, 1.165) is 18.5 Å². The van der Waals surface area contributed by atoms with Gasteiger partial charge in [-0.15, -0.1) is 0 Å². The number of rotatable bonds is 4. The molecule has 0 spiro atoms. The molecule has 7 heteroatoms. The molecule has 1 atom stereocenters. The van der Waals surface area contributed by atoms with Crippen LogP contribution >= 0.6 is 0 Å². The van der Waals surface area contributed by atoms with Crippen molar-refractivity contribution in [3.05, 3.63) is 71.1 Å². The van der Waals surface area contributed by atoms with Crippen molar-refractivity contribution in [2.24, 2.45) is 5.92 Å². The van der Waals surface area contributed by atoms with Gasteiger partial charge in [-0.3, -0.25) is 19.0 Å². The highest BCUT2D eigenvalue weighted by Crippen LogP contribution is 2.19. The largest absolute Gasteiger partial charge is 0.340 e. The van der Waals surface area contributed by atoms with Crippen LogP contribution in [0.5, 0.6) is 0 Å². The highest BCUT2D eigenvalue weighted by atomic mass is 16.2. The van der Waals surface area contributed by atoms with Gasteiger partial charge in [0.25, 0.3) is 5.56 Å². The standard InChI is InChI=1S/C22H22N4O3/c27-20-13-23-18-10-4-5-11-19(18)26(20)15-21(28)25-12-6-7-16(14-25)22(29)24-17-8-2-1-3-9-17/h1-5,8-11,13,16H,6-7,12,14-15H2,(H,24,29). The lowest BCUT2D eigenvalue weighted by Gasteiger charge is -2.32. The molecular weight excluding hydrogens is 368 g/mol. The summed E-state index contributed by atoms with van der Waals surface area (Å²) in [6.07, 6.45) is 2.73. The fraction of sp³-hybridized carbons (Fsp3) is 0.273. The first kappa shape index (κ1) is 18.9. The van der Waals surface area contributed by atoms with Crippen LogP contribution in [-0.2, 0) is 16.1 Å². The molecule has 0 radical (unpaired) electrons. The van der Waals surface area contributed by atoms with Crippen molar-refractivity contribution in [3.8, 4) is 0 Å². The van der Waals surface area contributed by atoms with Crippen LogP contribution in [0.1, 0.15) is 12.8 Å². The molecule has 1 aromatic heterocycles. The number of piperidine rings is 1. The fourth-order valence-electron chi connectivity index (χ4n) is 3.70. The van der Waals surface area contributed by atoms with E-state index in [1.807, 2.05) is 42.5 Å². The lowest BCUT2D eigenvalue weighted by atomic mass is 9.97. The van der Waals surface area contributed by atoms with E-state index in [2.05, 4.69) is 10.3 Å². The molecule has 1 aliphatic heterocycles. The van der Waals surface area contributed by atoms with Crippen molar-refractivity contribution < 1.29 is 9.59 Å². The summed E-state index contributed by atoms with van der Waals surface area (Å²) in [7, 11) is 0. The number of aromatic nitrogens is 2. The molecule has 1 saturated heterocycles. The van der Waals surface area contributed by atoms with Gasteiger partial charge in [0.15, 0.2) is 0 Å². The average molecular weight is 390 g/mol. The summed E-state index contributed by atoms with van der Waals surface area (Å²) in [4.78, 5) is 43.6. The third kappa shape index (κ3) is 4.18. The predicted molar refractivity (Wildman–Crippen MR) is 110 cm³/mol. The molecule has 3 aromatic rings. The normalized spacial score (nSPS) is 16.6. The minimum Gasteiger partial charge on any atom is -0.340 e. The lowest BCUT2D eigenvalue weighted by Crippen LogP contribution is -2.45. The molecule has 148 valence electrons. The van der Waals surface area contributed by atoms with E-state index in [4.69, 9.17) is 0 Å². The van der Waals surface area contributed by atoms with Crippen LogP contribution in [0.2, 0.25) is 0 Å². The molecule has 1 unspecified atom stereocenters. The molecule has 1 aliphatic rings. The fourth-order valence-corrected chi connectivity index (χ4v) is 3.70. The number of carbonyl (C=O) groups is 2. The minimum absolute atomic E-state index is 0.0606. The third-order valence-corrected chi connectivity index (χ3v) is 5.23. The number of nitrogens with zero attached hydrogens (tertiary/aromatic N) is 3. The second kappa shape index (κ2) is 8.26. The van der Waals surface area contributed by atoms with Crippen LogP contribution in [0, 0.1) is 5.92 Å². The van der Waals surface area contributed by atoms with Gasteiger partial charge in [0.2, 0.25) is 11.8 Å². The maximum atomic E-state index is 12.9. The number of carbonyl (C=O) groups excluding carboxylic acids is 2. The molecule has 7 nitrogen and oxygen atoms in total. The van der Waals surface area contributed by atoms with E-state index in [0.29, 0.717) is 24.1 Å². The molecule has 2 heterocycles. The Morgan fingerprint density at radius 1 is 1.07 bits per heavy atom. The molecule has 1 fully saturated rings. The van der Waals surface area contributed by atoms with E-state index >= 15 is 0 Å². The van der Waals surface area contributed by atoms with Gasteiger partial charge in [-0.2, -0.15) is 0 Å². The van der Waals surface area contributed by atoms with Crippen LogP contribution in [0.4, 0.5) is 5.69 Å². The Hall–Kier alpha value is -3.48. The topological polar surface area (TPSA) is 84.3 Å². The highest BCUT2D eigenvalue weighted by Gasteiger charge is 2.28. The van der Waals surface area contributed by atoms with E-state index in [-0.39, 0.29) is 29.8 Å².